The highest BCUT2D eigenvalue weighted by atomic mass is 16.6. The standard InChI is InChI=1S/C20H26N4O3/c1-3-24(12-14-13-26-18-9-4-5-10-19(18)27-14)20(25)22-16-7-6-8-17-15(16)11-21-23(17)2/h4-5,9-11,14,16H,3,6-8,12-13H2,1-2H3,(H,22,25). The number of hydrogen-bond donors (Lipinski definition) is 1. The van der Waals surface area contributed by atoms with E-state index >= 15 is 0 Å². The Labute approximate surface area is 159 Å². The quantitative estimate of drug-likeness (QED) is 0.898. The highest BCUT2D eigenvalue weighted by Gasteiger charge is 2.28. The fourth-order valence-corrected chi connectivity index (χ4v) is 3.85. The van der Waals surface area contributed by atoms with Gasteiger partial charge in [-0.05, 0) is 38.3 Å². The van der Waals surface area contributed by atoms with Crippen LogP contribution < -0.4 is 14.8 Å². The van der Waals surface area contributed by atoms with E-state index in [-0.39, 0.29) is 18.2 Å². The molecule has 144 valence electrons. The predicted molar refractivity (Wildman–Crippen MR) is 101 cm³/mol. The zero-order valence-corrected chi connectivity index (χ0v) is 15.9. The van der Waals surface area contributed by atoms with Gasteiger partial charge in [0.1, 0.15) is 6.61 Å². The molecule has 1 aromatic carbocycles. The van der Waals surface area contributed by atoms with E-state index in [9.17, 15) is 4.79 Å². The summed E-state index contributed by atoms with van der Waals surface area (Å²) in [6.07, 6.45) is 4.72. The van der Waals surface area contributed by atoms with Gasteiger partial charge in [0.15, 0.2) is 17.6 Å². The first kappa shape index (κ1) is 17.7. The van der Waals surface area contributed by atoms with E-state index in [1.54, 1.807) is 4.90 Å². The van der Waals surface area contributed by atoms with Crippen molar-refractivity contribution in [3.05, 3.63) is 41.7 Å². The van der Waals surface area contributed by atoms with Crippen molar-refractivity contribution in [1.82, 2.24) is 20.0 Å². The van der Waals surface area contributed by atoms with E-state index in [2.05, 4.69) is 10.4 Å². The van der Waals surface area contributed by atoms with Crippen molar-refractivity contribution in [1.29, 1.82) is 0 Å². The minimum absolute atomic E-state index is 0.0215. The molecule has 0 radical (unpaired) electrons. The Balaban J connectivity index is 1.39. The number of fused-ring (bicyclic) bond motifs is 2. The fraction of sp³-hybridized carbons (Fsp3) is 0.500. The molecule has 27 heavy (non-hydrogen) atoms. The van der Waals surface area contributed by atoms with E-state index in [1.807, 2.05) is 49.1 Å². The number of benzene rings is 1. The number of nitrogens with zero attached hydrogens (tertiary/aromatic N) is 3. The number of ether oxygens (including phenoxy) is 2. The lowest BCUT2D eigenvalue weighted by Crippen LogP contribution is -2.48. The molecule has 2 heterocycles. The van der Waals surface area contributed by atoms with Gasteiger partial charge >= 0.3 is 6.03 Å². The average Bonchev–Trinajstić information content (AvgIpc) is 3.08. The van der Waals surface area contributed by atoms with Gasteiger partial charge in [0.2, 0.25) is 0 Å². The van der Waals surface area contributed by atoms with Gasteiger partial charge < -0.3 is 19.7 Å². The Kier molecular flexibility index (Phi) is 4.92. The Morgan fingerprint density at radius 1 is 1.37 bits per heavy atom. The molecule has 7 nitrogen and oxygen atoms in total. The number of aryl methyl sites for hydroxylation is 1. The normalized spacial score (nSPS) is 20.7. The number of nitrogens with one attached hydrogen (secondary N) is 1. The molecule has 4 rings (SSSR count). The monoisotopic (exact) mass is 370 g/mol. The van der Waals surface area contributed by atoms with E-state index in [1.165, 1.54) is 5.69 Å². The first-order valence-electron chi connectivity index (χ1n) is 9.60. The third-order valence-corrected chi connectivity index (χ3v) is 5.33. The number of urea groups is 1. The summed E-state index contributed by atoms with van der Waals surface area (Å²) in [4.78, 5) is 14.7. The van der Waals surface area contributed by atoms with Gasteiger partial charge in [-0.1, -0.05) is 12.1 Å². The highest BCUT2D eigenvalue weighted by molar-refractivity contribution is 5.74. The Morgan fingerprint density at radius 3 is 3.00 bits per heavy atom. The predicted octanol–water partition coefficient (Wildman–Crippen LogP) is 2.67. The number of aromatic nitrogens is 2. The van der Waals surface area contributed by atoms with Gasteiger partial charge in [-0.2, -0.15) is 5.10 Å². The average molecular weight is 370 g/mol. The van der Waals surface area contributed by atoms with Crippen molar-refractivity contribution < 1.29 is 14.3 Å². The largest absolute Gasteiger partial charge is 0.486 e. The molecule has 1 N–H and O–H groups in total. The van der Waals surface area contributed by atoms with Crippen molar-refractivity contribution in [2.45, 2.75) is 38.3 Å². The third kappa shape index (κ3) is 3.59. The van der Waals surface area contributed by atoms with E-state index < -0.39 is 0 Å². The van der Waals surface area contributed by atoms with Crippen LogP contribution in [-0.4, -0.2) is 46.5 Å². The van der Waals surface area contributed by atoms with Crippen molar-refractivity contribution >= 4 is 6.03 Å². The summed E-state index contributed by atoms with van der Waals surface area (Å²) >= 11 is 0. The summed E-state index contributed by atoms with van der Waals surface area (Å²) in [7, 11) is 1.96. The number of carbonyl (C=O) groups is 1. The first-order valence-corrected chi connectivity index (χ1v) is 9.60. The summed E-state index contributed by atoms with van der Waals surface area (Å²) in [6, 6.07) is 7.58. The van der Waals surface area contributed by atoms with Gasteiger partial charge in [-0.25, -0.2) is 4.79 Å². The molecule has 1 aliphatic carbocycles. The van der Waals surface area contributed by atoms with Crippen LogP contribution in [0.4, 0.5) is 4.79 Å². The van der Waals surface area contributed by atoms with Crippen LogP contribution in [0.15, 0.2) is 30.5 Å². The number of likely N-dealkylation sites (N-methyl/N-ethyl adjacent to an activating group) is 1. The Morgan fingerprint density at radius 2 is 2.19 bits per heavy atom. The minimum Gasteiger partial charge on any atom is -0.486 e. The fourth-order valence-electron chi connectivity index (χ4n) is 3.85. The number of rotatable bonds is 4. The van der Waals surface area contributed by atoms with Crippen molar-refractivity contribution in [3.63, 3.8) is 0 Å². The van der Waals surface area contributed by atoms with Gasteiger partial charge in [0.25, 0.3) is 0 Å². The second kappa shape index (κ2) is 7.50. The lowest BCUT2D eigenvalue weighted by molar-refractivity contribution is 0.0670. The summed E-state index contributed by atoms with van der Waals surface area (Å²) < 4.78 is 13.7. The molecule has 1 aromatic heterocycles. The molecule has 0 saturated carbocycles. The lowest BCUT2D eigenvalue weighted by Gasteiger charge is -2.32. The second-order valence-electron chi connectivity index (χ2n) is 7.10. The van der Waals surface area contributed by atoms with E-state index in [0.717, 1.165) is 36.3 Å². The topological polar surface area (TPSA) is 68.6 Å². The van der Waals surface area contributed by atoms with E-state index in [4.69, 9.17) is 9.47 Å². The van der Waals surface area contributed by atoms with Crippen molar-refractivity contribution in [2.24, 2.45) is 7.05 Å². The molecule has 2 amide bonds. The first-order chi connectivity index (χ1) is 13.2. The summed E-state index contributed by atoms with van der Waals surface area (Å²) in [5.41, 5.74) is 2.36. The molecule has 2 unspecified atom stereocenters. The smallest absolute Gasteiger partial charge is 0.318 e. The molecule has 2 atom stereocenters. The maximum absolute atomic E-state index is 12.9. The molecule has 0 bridgehead atoms. The SMILES string of the molecule is CCN(CC1COc2ccccc2O1)C(=O)NC1CCCc2c1cnn2C. The number of hydrogen-bond acceptors (Lipinski definition) is 4. The molecule has 2 aromatic rings. The third-order valence-electron chi connectivity index (χ3n) is 5.33. The maximum atomic E-state index is 12.9. The van der Waals surface area contributed by atoms with Crippen LogP contribution in [0.5, 0.6) is 11.5 Å². The zero-order valence-electron chi connectivity index (χ0n) is 15.9. The summed E-state index contributed by atoms with van der Waals surface area (Å²) in [5, 5.41) is 7.54. The molecule has 1 aliphatic heterocycles. The summed E-state index contributed by atoms with van der Waals surface area (Å²) in [5.74, 6) is 1.49. The van der Waals surface area contributed by atoms with Gasteiger partial charge in [0, 0.05) is 24.8 Å². The van der Waals surface area contributed by atoms with Gasteiger partial charge in [-0.15, -0.1) is 0 Å². The number of para-hydroxylation sites is 2. The zero-order chi connectivity index (χ0) is 18.8. The minimum atomic E-state index is -0.175. The molecule has 0 fully saturated rings. The highest BCUT2D eigenvalue weighted by Crippen LogP contribution is 2.31. The lowest BCUT2D eigenvalue weighted by atomic mass is 9.93. The van der Waals surface area contributed by atoms with Crippen LogP contribution in [-0.2, 0) is 13.5 Å². The maximum Gasteiger partial charge on any atom is 0.318 e. The number of carbonyl (C=O) groups excluding carboxylic acids is 1. The molecule has 0 spiro atoms. The van der Waals surface area contributed by atoms with Crippen LogP contribution in [0.25, 0.3) is 0 Å². The van der Waals surface area contributed by atoms with Gasteiger partial charge in [-0.3, -0.25) is 4.68 Å². The van der Waals surface area contributed by atoms with Crippen LogP contribution in [0, 0.1) is 0 Å². The molecule has 7 heteroatoms. The Bertz CT molecular complexity index is 819. The number of amides is 2. The van der Waals surface area contributed by atoms with Crippen LogP contribution in [0.2, 0.25) is 0 Å². The van der Waals surface area contributed by atoms with E-state index in [0.29, 0.717) is 19.7 Å². The van der Waals surface area contributed by atoms with Crippen molar-refractivity contribution in [3.8, 4) is 11.5 Å². The molecule has 2 aliphatic rings. The van der Waals surface area contributed by atoms with Crippen molar-refractivity contribution in [2.75, 3.05) is 19.7 Å². The van der Waals surface area contributed by atoms with Crippen LogP contribution >= 0.6 is 0 Å². The summed E-state index contributed by atoms with van der Waals surface area (Å²) in [6.45, 7) is 3.52. The van der Waals surface area contributed by atoms with Crippen LogP contribution in [0.1, 0.15) is 37.1 Å². The van der Waals surface area contributed by atoms with Crippen LogP contribution in [0.3, 0.4) is 0 Å². The van der Waals surface area contributed by atoms with Gasteiger partial charge in [0.05, 0.1) is 18.8 Å². The molecule has 0 saturated heterocycles. The Hall–Kier alpha value is -2.70. The second-order valence-corrected chi connectivity index (χ2v) is 7.10. The molecular weight excluding hydrogens is 344 g/mol. The molecular formula is C20H26N4O3.